The lowest BCUT2D eigenvalue weighted by Crippen LogP contribution is -2.34. The van der Waals surface area contributed by atoms with E-state index in [1.165, 1.54) is 12.1 Å². The molecule has 0 saturated heterocycles. The van der Waals surface area contributed by atoms with Gasteiger partial charge in [0.2, 0.25) is 0 Å². The van der Waals surface area contributed by atoms with E-state index in [2.05, 4.69) is 26.3 Å². The second kappa shape index (κ2) is 9.27. The highest BCUT2D eigenvalue weighted by Crippen LogP contribution is 2.47. The molecule has 0 radical (unpaired) electrons. The fourth-order valence-corrected chi connectivity index (χ4v) is 5.63. The number of urea groups is 1. The Morgan fingerprint density at radius 3 is 2.38 bits per heavy atom. The van der Waals surface area contributed by atoms with Crippen molar-refractivity contribution in [3.05, 3.63) is 65.9 Å². The SMILES string of the molecule is C=S(C)(=O)NC1(c2cc(-c3ccc(NC(=O)Nc4cccc(C(F)(F)F)c4)cc3)c3c(N)nn(C)c3n2)CC1. The summed E-state index contributed by atoms with van der Waals surface area (Å²) < 4.78 is 56.0. The zero-order valence-corrected chi connectivity index (χ0v) is 21.9. The van der Waals surface area contributed by atoms with Crippen LogP contribution >= 0.6 is 0 Å². The fourth-order valence-electron chi connectivity index (χ4n) is 4.50. The molecule has 0 bridgehead atoms. The lowest BCUT2D eigenvalue weighted by Gasteiger charge is -2.19. The zero-order chi connectivity index (χ0) is 28.2. The van der Waals surface area contributed by atoms with Gasteiger partial charge >= 0.3 is 12.2 Å². The maximum Gasteiger partial charge on any atom is 0.416 e. The first-order valence-corrected chi connectivity index (χ1v) is 14.0. The molecule has 2 aromatic heterocycles. The molecule has 1 fully saturated rings. The Hall–Kier alpha value is -4.10. The molecule has 1 saturated carbocycles. The summed E-state index contributed by atoms with van der Waals surface area (Å²) in [7, 11) is -0.749. The lowest BCUT2D eigenvalue weighted by molar-refractivity contribution is -0.137. The van der Waals surface area contributed by atoms with Crippen LogP contribution in [0.25, 0.3) is 22.2 Å². The minimum absolute atomic E-state index is 0.0126. The third-order valence-corrected chi connectivity index (χ3v) is 7.20. The van der Waals surface area contributed by atoms with Gasteiger partial charge in [-0.1, -0.05) is 18.2 Å². The van der Waals surface area contributed by atoms with Crippen LogP contribution in [-0.2, 0) is 28.5 Å². The van der Waals surface area contributed by atoms with Crippen molar-refractivity contribution in [1.82, 2.24) is 19.5 Å². The molecule has 1 aliphatic carbocycles. The molecule has 0 aliphatic heterocycles. The number of anilines is 3. The van der Waals surface area contributed by atoms with Gasteiger partial charge < -0.3 is 16.4 Å². The van der Waals surface area contributed by atoms with Crippen molar-refractivity contribution in [2.75, 3.05) is 22.6 Å². The van der Waals surface area contributed by atoms with Crippen LogP contribution in [0.4, 0.5) is 35.2 Å². The predicted octanol–water partition coefficient (Wildman–Crippen LogP) is 4.72. The maximum absolute atomic E-state index is 13.0. The number of alkyl halides is 3. The van der Waals surface area contributed by atoms with Gasteiger partial charge in [-0.15, -0.1) is 0 Å². The summed E-state index contributed by atoms with van der Waals surface area (Å²) in [6.45, 7) is 0. The molecule has 1 aliphatic rings. The molecule has 0 spiro atoms. The second-order valence-corrected chi connectivity index (χ2v) is 11.9. The molecule has 1 atom stereocenters. The average Bonchev–Trinajstić information content (AvgIpc) is 3.55. The Labute approximate surface area is 222 Å². The number of pyridine rings is 1. The summed E-state index contributed by atoms with van der Waals surface area (Å²) in [6.07, 6.45) is -1.47. The number of halogens is 3. The fraction of sp³-hybridized carbons (Fsp3) is 0.231. The van der Waals surface area contributed by atoms with Gasteiger partial charge in [-0.05, 0) is 66.2 Å². The first-order chi connectivity index (χ1) is 18.2. The van der Waals surface area contributed by atoms with Gasteiger partial charge in [-0.3, -0.25) is 4.21 Å². The van der Waals surface area contributed by atoms with Crippen molar-refractivity contribution in [2.24, 2.45) is 7.05 Å². The van der Waals surface area contributed by atoms with Crippen LogP contribution in [-0.4, -0.2) is 37.1 Å². The van der Waals surface area contributed by atoms with Gasteiger partial charge in [-0.25, -0.2) is 19.2 Å². The number of hydrogen-bond donors (Lipinski definition) is 4. The summed E-state index contributed by atoms with van der Waals surface area (Å²) in [5.41, 5.74) is 8.05. The van der Waals surface area contributed by atoms with E-state index in [4.69, 9.17) is 10.7 Å². The third kappa shape index (κ3) is 5.54. The summed E-state index contributed by atoms with van der Waals surface area (Å²) in [6, 6.07) is 12.5. The molecule has 39 heavy (non-hydrogen) atoms. The van der Waals surface area contributed by atoms with Crippen LogP contribution in [0.1, 0.15) is 24.1 Å². The number of aromatic nitrogens is 3. The minimum atomic E-state index is -4.52. The molecule has 2 heterocycles. The largest absolute Gasteiger partial charge is 0.416 e. The van der Waals surface area contributed by atoms with Gasteiger partial charge in [-0.2, -0.15) is 18.3 Å². The maximum atomic E-state index is 13.0. The summed E-state index contributed by atoms with van der Waals surface area (Å²) >= 11 is 0. The van der Waals surface area contributed by atoms with E-state index in [1.807, 2.05) is 6.07 Å². The molecule has 204 valence electrons. The normalized spacial score (nSPS) is 16.0. The lowest BCUT2D eigenvalue weighted by atomic mass is 9.99. The molecule has 4 aromatic rings. The van der Waals surface area contributed by atoms with Gasteiger partial charge in [0.05, 0.1) is 22.2 Å². The van der Waals surface area contributed by atoms with Crippen molar-refractivity contribution < 1.29 is 22.2 Å². The van der Waals surface area contributed by atoms with Gasteiger partial charge in [0.15, 0.2) is 11.5 Å². The molecule has 1 unspecified atom stereocenters. The molecular weight excluding hydrogens is 531 g/mol. The summed E-state index contributed by atoms with van der Waals surface area (Å²) in [4.78, 5) is 17.2. The van der Waals surface area contributed by atoms with Crippen molar-refractivity contribution in [2.45, 2.75) is 24.6 Å². The molecule has 2 aromatic carbocycles. The number of nitrogens with zero attached hydrogens (tertiary/aromatic N) is 3. The molecule has 13 heteroatoms. The standard InChI is InChI=1S/C26H26F3N7O2S/c1-36-23-21(22(30)34-36)19(14-20(33-23)25(11-12-25)35-39(2,3)38)15-7-9-17(10-8-15)31-24(37)32-18-6-4-5-16(13-18)26(27,28)29/h4-10,13-14H,2,11-12H2,1,3H3,(H2,30,34)(H,35,38)(H2,31,32,37). The Morgan fingerprint density at radius 2 is 1.77 bits per heavy atom. The number of aryl methyl sites for hydroxylation is 1. The Morgan fingerprint density at radius 1 is 1.10 bits per heavy atom. The number of hydrogen-bond acceptors (Lipinski definition) is 5. The molecule has 9 nitrogen and oxygen atoms in total. The highest BCUT2D eigenvalue weighted by Gasteiger charge is 2.47. The van der Waals surface area contributed by atoms with E-state index in [0.717, 1.165) is 36.1 Å². The Kier molecular flexibility index (Phi) is 6.30. The van der Waals surface area contributed by atoms with E-state index in [0.29, 0.717) is 28.2 Å². The highest BCUT2D eigenvalue weighted by molar-refractivity contribution is 7.97. The minimum Gasteiger partial charge on any atom is -0.382 e. The molecule has 5 N–H and O–H groups in total. The number of carbonyl (C=O) groups is 1. The third-order valence-electron chi connectivity index (χ3n) is 6.37. The number of benzene rings is 2. The van der Waals surface area contributed by atoms with Gasteiger partial charge in [0.1, 0.15) is 0 Å². The van der Waals surface area contributed by atoms with Crippen LogP contribution in [0.15, 0.2) is 54.6 Å². The number of nitrogens with two attached hydrogens (primary N) is 1. The quantitative estimate of drug-likeness (QED) is 0.255. The molecule has 2 amide bonds. The summed E-state index contributed by atoms with van der Waals surface area (Å²) in [5, 5.41) is 10.0. The first-order valence-electron chi connectivity index (χ1n) is 11.8. The van der Waals surface area contributed by atoms with E-state index < -0.39 is 33.0 Å². The van der Waals surface area contributed by atoms with Crippen LogP contribution in [0, 0.1) is 0 Å². The molecule has 5 rings (SSSR count). The van der Waals surface area contributed by atoms with E-state index in [1.54, 1.807) is 42.3 Å². The number of rotatable bonds is 6. The zero-order valence-electron chi connectivity index (χ0n) is 21.1. The number of amides is 2. The number of nitrogen functional groups attached to an aromatic ring is 1. The van der Waals surface area contributed by atoms with E-state index >= 15 is 0 Å². The Balaban J connectivity index is 1.42. The number of nitrogens with one attached hydrogen (secondary N) is 3. The summed E-state index contributed by atoms with van der Waals surface area (Å²) in [5.74, 6) is 4.03. The monoisotopic (exact) mass is 557 g/mol. The number of carbonyl (C=O) groups excluding carboxylic acids is 1. The van der Waals surface area contributed by atoms with Crippen molar-refractivity contribution in [3.8, 4) is 11.1 Å². The van der Waals surface area contributed by atoms with Crippen molar-refractivity contribution in [1.29, 1.82) is 0 Å². The van der Waals surface area contributed by atoms with Gasteiger partial charge in [0, 0.05) is 34.4 Å². The topological polar surface area (TPSA) is 127 Å². The van der Waals surface area contributed by atoms with Crippen LogP contribution < -0.4 is 21.1 Å². The van der Waals surface area contributed by atoms with Crippen LogP contribution in [0.2, 0.25) is 0 Å². The van der Waals surface area contributed by atoms with Crippen molar-refractivity contribution in [3.63, 3.8) is 0 Å². The van der Waals surface area contributed by atoms with E-state index in [9.17, 15) is 22.2 Å². The van der Waals surface area contributed by atoms with Gasteiger partial charge in [0.25, 0.3) is 0 Å². The van der Waals surface area contributed by atoms with Crippen LogP contribution in [0.5, 0.6) is 0 Å². The second-order valence-electron chi connectivity index (χ2n) is 9.69. The predicted molar refractivity (Wildman–Crippen MR) is 148 cm³/mol. The average molecular weight is 558 g/mol. The van der Waals surface area contributed by atoms with Crippen molar-refractivity contribution >= 4 is 49.8 Å². The highest BCUT2D eigenvalue weighted by atomic mass is 32.2. The van der Waals surface area contributed by atoms with E-state index in [-0.39, 0.29) is 5.69 Å². The smallest absolute Gasteiger partial charge is 0.382 e. The molecular formula is C26H26F3N7O2S. The first kappa shape index (κ1) is 26.5. The Bertz CT molecular complexity index is 1690. The number of fused-ring (bicyclic) bond motifs is 1. The van der Waals surface area contributed by atoms with Crippen LogP contribution in [0.3, 0.4) is 0 Å².